The number of rotatable bonds is 0. The molecule has 24 heavy (non-hydrogen) atoms. The summed E-state index contributed by atoms with van der Waals surface area (Å²) in [4.78, 5) is 12.0. The second kappa shape index (κ2) is 4.43. The Balaban J connectivity index is 1.58. The lowest BCUT2D eigenvalue weighted by molar-refractivity contribution is -0.117. The van der Waals surface area contributed by atoms with Crippen LogP contribution in [0.2, 0.25) is 0 Å². The van der Waals surface area contributed by atoms with Crippen LogP contribution in [0, 0.1) is 57.7 Å². The van der Waals surface area contributed by atoms with Crippen molar-refractivity contribution in [1.29, 1.82) is 5.26 Å². The molecule has 0 bridgehead atoms. The van der Waals surface area contributed by atoms with Gasteiger partial charge < -0.3 is 0 Å². The summed E-state index contributed by atoms with van der Waals surface area (Å²) in [7, 11) is 0. The van der Waals surface area contributed by atoms with Crippen LogP contribution in [0.1, 0.15) is 52.4 Å². The molecule has 0 spiro atoms. The summed E-state index contributed by atoms with van der Waals surface area (Å²) >= 11 is 0. The van der Waals surface area contributed by atoms with Gasteiger partial charge in [0.2, 0.25) is 0 Å². The summed E-state index contributed by atoms with van der Waals surface area (Å²) in [5.41, 5.74) is 2.86. The molecule has 0 N–H and O–H groups in total. The number of nitriles is 1. The average Bonchev–Trinajstić information content (AvgIpc) is 3.24. The van der Waals surface area contributed by atoms with Crippen LogP contribution < -0.4 is 0 Å². The molecule has 0 amide bonds. The molecular formula is C22H27NO. The minimum Gasteiger partial charge on any atom is -0.295 e. The molecule has 4 unspecified atom stereocenters. The molecule has 0 radical (unpaired) electrons. The number of carbonyl (C=O) groups is 1. The first kappa shape index (κ1) is 14.9. The lowest BCUT2D eigenvalue weighted by atomic mass is 9.45. The quantitative estimate of drug-likeness (QED) is 0.650. The van der Waals surface area contributed by atoms with E-state index in [2.05, 4.69) is 26.5 Å². The Morgan fingerprint density at radius 3 is 2.79 bits per heavy atom. The number of ketones is 1. The van der Waals surface area contributed by atoms with E-state index < -0.39 is 0 Å². The smallest absolute Gasteiger partial charge is 0.156 e. The molecular weight excluding hydrogens is 294 g/mol. The second-order valence-corrected chi connectivity index (χ2v) is 9.76. The first-order chi connectivity index (χ1) is 11.4. The summed E-state index contributed by atoms with van der Waals surface area (Å²) in [6, 6.07) is 2.69. The number of allylic oxidation sites excluding steroid dienone is 2. The van der Waals surface area contributed by atoms with Crippen LogP contribution in [-0.2, 0) is 4.79 Å². The van der Waals surface area contributed by atoms with Crippen molar-refractivity contribution in [2.45, 2.75) is 52.4 Å². The Morgan fingerprint density at radius 1 is 1.25 bits per heavy atom. The highest BCUT2D eigenvalue weighted by molar-refractivity contribution is 5.92. The van der Waals surface area contributed by atoms with Gasteiger partial charge in [-0.3, -0.25) is 4.79 Å². The zero-order chi connectivity index (χ0) is 16.9. The molecule has 4 saturated carbocycles. The van der Waals surface area contributed by atoms with E-state index in [1.165, 1.54) is 30.4 Å². The van der Waals surface area contributed by atoms with Gasteiger partial charge >= 0.3 is 0 Å². The maximum atomic E-state index is 12.0. The number of nitrogens with zero attached hydrogens (tertiary/aromatic N) is 1. The molecule has 5 aliphatic carbocycles. The first-order valence-corrected chi connectivity index (χ1v) is 9.73. The molecule has 5 aliphatic rings. The van der Waals surface area contributed by atoms with E-state index in [0.717, 1.165) is 18.8 Å². The van der Waals surface area contributed by atoms with Crippen LogP contribution in [0.4, 0.5) is 0 Å². The van der Waals surface area contributed by atoms with Crippen molar-refractivity contribution in [2.24, 2.45) is 46.3 Å². The molecule has 0 heterocycles. The predicted molar refractivity (Wildman–Crippen MR) is 92.7 cm³/mol. The minimum absolute atomic E-state index is 0.143. The fraction of sp³-hybridized carbons (Fsp3) is 0.727. The number of hydrogen-bond acceptors (Lipinski definition) is 2. The summed E-state index contributed by atoms with van der Waals surface area (Å²) in [6.45, 7) is 9.21. The Morgan fingerprint density at radius 2 is 2.04 bits per heavy atom. The van der Waals surface area contributed by atoms with Gasteiger partial charge in [0.25, 0.3) is 0 Å². The van der Waals surface area contributed by atoms with Gasteiger partial charge in [0.15, 0.2) is 5.78 Å². The average molecular weight is 321 g/mol. The maximum Gasteiger partial charge on any atom is 0.156 e. The highest BCUT2D eigenvalue weighted by atomic mass is 16.1. The van der Waals surface area contributed by atoms with Crippen LogP contribution in [0.3, 0.4) is 0 Å². The van der Waals surface area contributed by atoms with Crippen molar-refractivity contribution in [2.75, 3.05) is 0 Å². The van der Waals surface area contributed by atoms with Crippen LogP contribution in [0.25, 0.3) is 0 Å². The Labute approximate surface area is 145 Å². The first-order valence-electron chi connectivity index (χ1n) is 9.73. The van der Waals surface area contributed by atoms with Gasteiger partial charge in [0.05, 0.1) is 12.0 Å². The molecule has 0 aromatic heterocycles. The van der Waals surface area contributed by atoms with Gasteiger partial charge in [-0.2, -0.15) is 5.26 Å². The normalized spacial score (nSPS) is 54.8. The maximum absolute atomic E-state index is 12.0. The van der Waals surface area contributed by atoms with Crippen LogP contribution in [-0.4, -0.2) is 5.78 Å². The lowest BCUT2D eigenvalue weighted by Gasteiger charge is -2.58. The summed E-state index contributed by atoms with van der Waals surface area (Å²) in [5.74, 6) is 4.10. The molecule has 0 saturated heterocycles. The van der Waals surface area contributed by atoms with Crippen molar-refractivity contribution in [1.82, 2.24) is 0 Å². The molecule has 4 fully saturated rings. The zero-order valence-electron chi connectivity index (χ0n) is 14.8. The Kier molecular flexibility index (Phi) is 2.75. The van der Waals surface area contributed by atoms with E-state index >= 15 is 0 Å². The van der Waals surface area contributed by atoms with Crippen molar-refractivity contribution >= 4 is 5.78 Å². The molecule has 8 atom stereocenters. The van der Waals surface area contributed by atoms with Crippen LogP contribution in [0.15, 0.2) is 23.8 Å². The van der Waals surface area contributed by atoms with Crippen molar-refractivity contribution < 1.29 is 4.79 Å². The molecule has 0 aromatic carbocycles. The predicted octanol–water partition coefficient (Wildman–Crippen LogP) is 4.68. The van der Waals surface area contributed by atoms with Gasteiger partial charge in [-0.15, -0.1) is 0 Å². The van der Waals surface area contributed by atoms with Crippen molar-refractivity contribution in [3.63, 3.8) is 0 Å². The Hall–Kier alpha value is -1.36. The van der Waals surface area contributed by atoms with E-state index in [0.29, 0.717) is 30.1 Å². The molecule has 126 valence electrons. The summed E-state index contributed by atoms with van der Waals surface area (Å²) in [5, 5.41) is 9.77. The summed E-state index contributed by atoms with van der Waals surface area (Å²) < 4.78 is 0. The van der Waals surface area contributed by atoms with E-state index in [9.17, 15) is 10.1 Å². The lowest BCUT2D eigenvalue weighted by Crippen LogP contribution is -2.52. The van der Waals surface area contributed by atoms with E-state index in [-0.39, 0.29) is 22.5 Å². The zero-order valence-corrected chi connectivity index (χ0v) is 14.8. The molecule has 5 rings (SSSR count). The number of fused-ring (bicyclic) bond motifs is 7. The van der Waals surface area contributed by atoms with Gasteiger partial charge in [-0.05, 0) is 84.2 Å². The summed E-state index contributed by atoms with van der Waals surface area (Å²) in [6.07, 6.45) is 8.38. The molecule has 2 nitrogen and oxygen atoms in total. The third-order valence-corrected chi connectivity index (χ3v) is 8.86. The number of carbonyl (C=O) groups excluding carboxylic acids is 1. The van der Waals surface area contributed by atoms with Crippen LogP contribution >= 0.6 is 0 Å². The van der Waals surface area contributed by atoms with E-state index in [1.807, 2.05) is 6.08 Å². The SMILES string of the molecule is C=C1CC2C(CC[C@@]3(C)C2C2C[C@@H]2[C@@H]3C#N)[C@@]2(C)CCC(=O)C=C12. The fourth-order valence-corrected chi connectivity index (χ4v) is 7.78. The highest BCUT2D eigenvalue weighted by Gasteiger charge is 2.70. The van der Waals surface area contributed by atoms with Gasteiger partial charge in [0, 0.05) is 6.42 Å². The minimum atomic E-state index is 0.143. The largest absolute Gasteiger partial charge is 0.295 e. The second-order valence-electron chi connectivity index (χ2n) is 9.76. The number of hydrogen-bond donors (Lipinski definition) is 0. The van der Waals surface area contributed by atoms with Crippen LogP contribution in [0.5, 0.6) is 0 Å². The van der Waals surface area contributed by atoms with E-state index in [1.54, 1.807) is 0 Å². The topological polar surface area (TPSA) is 40.9 Å². The van der Waals surface area contributed by atoms with Gasteiger partial charge in [-0.25, -0.2) is 0 Å². The third kappa shape index (κ3) is 1.60. The third-order valence-electron chi connectivity index (χ3n) is 8.86. The van der Waals surface area contributed by atoms with Gasteiger partial charge in [0.1, 0.15) is 0 Å². The highest BCUT2D eigenvalue weighted by Crippen LogP contribution is 2.75. The van der Waals surface area contributed by atoms with E-state index in [4.69, 9.17) is 0 Å². The standard InChI is InChI=1S/C22H27NO/c1-12-8-16-17(21(2)6-4-13(24)9-18(12)21)5-7-22(3)19(11-23)14-10-15(14)20(16)22/h9,14-17,19-20H,1,4-8,10H2,2-3H3/t14-,15?,16?,17?,19-,20?,21+,22+/m0/s1. The van der Waals surface area contributed by atoms with Gasteiger partial charge in [-0.1, -0.05) is 26.0 Å². The molecule has 2 heteroatoms. The van der Waals surface area contributed by atoms with Crippen molar-refractivity contribution in [3.8, 4) is 6.07 Å². The molecule has 0 aromatic rings. The Bertz CT molecular complexity index is 727. The molecule has 0 aliphatic heterocycles. The van der Waals surface area contributed by atoms with Crippen molar-refractivity contribution in [3.05, 3.63) is 23.8 Å². The fourth-order valence-electron chi connectivity index (χ4n) is 7.78. The monoisotopic (exact) mass is 321 g/mol.